The molecule has 0 aromatic heterocycles. The van der Waals surface area contributed by atoms with Crippen LogP contribution in [0.15, 0.2) is 48.5 Å². The van der Waals surface area contributed by atoms with Crippen molar-refractivity contribution >= 4 is 17.6 Å². The van der Waals surface area contributed by atoms with E-state index in [0.717, 1.165) is 11.1 Å². The maximum atomic E-state index is 12.9. The highest BCUT2D eigenvalue weighted by atomic mass is 19.1. The number of rotatable bonds is 7. The molecule has 0 aliphatic heterocycles. The van der Waals surface area contributed by atoms with Crippen molar-refractivity contribution in [3.63, 3.8) is 0 Å². The molecular formula is C19H20FNO3. The summed E-state index contributed by atoms with van der Waals surface area (Å²) < 4.78 is 12.9. The van der Waals surface area contributed by atoms with Crippen molar-refractivity contribution in [3.8, 4) is 0 Å². The maximum absolute atomic E-state index is 12.9. The number of nitrogens with one attached hydrogen (secondary N) is 1. The molecule has 2 aromatic carbocycles. The third-order valence-corrected chi connectivity index (χ3v) is 3.80. The molecule has 24 heavy (non-hydrogen) atoms. The van der Waals surface area contributed by atoms with E-state index in [1.54, 1.807) is 24.3 Å². The fourth-order valence-corrected chi connectivity index (χ4v) is 2.41. The highest BCUT2D eigenvalue weighted by molar-refractivity contribution is 5.91. The number of carbonyl (C=O) groups excluding carboxylic acids is 1. The van der Waals surface area contributed by atoms with Gasteiger partial charge in [0.25, 0.3) is 0 Å². The van der Waals surface area contributed by atoms with Gasteiger partial charge in [0.15, 0.2) is 0 Å². The van der Waals surface area contributed by atoms with Crippen LogP contribution in [0.5, 0.6) is 0 Å². The first kappa shape index (κ1) is 17.7. The number of amides is 1. The Morgan fingerprint density at radius 3 is 2.29 bits per heavy atom. The lowest BCUT2D eigenvalue weighted by Crippen LogP contribution is -2.14. The van der Waals surface area contributed by atoms with E-state index in [9.17, 15) is 14.0 Å². The largest absolute Gasteiger partial charge is 0.481 e. The first-order valence-electron chi connectivity index (χ1n) is 7.80. The summed E-state index contributed by atoms with van der Waals surface area (Å²) in [6, 6.07) is 13.3. The third-order valence-electron chi connectivity index (χ3n) is 3.80. The molecule has 126 valence electrons. The molecule has 0 heterocycles. The Kier molecular flexibility index (Phi) is 6.07. The minimum Gasteiger partial charge on any atom is -0.481 e. The summed E-state index contributed by atoms with van der Waals surface area (Å²) in [4.78, 5) is 22.6. The summed E-state index contributed by atoms with van der Waals surface area (Å²) >= 11 is 0. The van der Waals surface area contributed by atoms with Crippen LogP contribution in [0, 0.1) is 5.82 Å². The Morgan fingerprint density at radius 1 is 1.08 bits per heavy atom. The molecule has 0 fully saturated rings. The zero-order chi connectivity index (χ0) is 17.5. The van der Waals surface area contributed by atoms with Crippen LogP contribution in [0.1, 0.15) is 36.8 Å². The molecule has 0 bridgehead atoms. The monoisotopic (exact) mass is 329 g/mol. The average molecular weight is 329 g/mol. The molecule has 2 aromatic rings. The van der Waals surface area contributed by atoms with Crippen LogP contribution < -0.4 is 5.32 Å². The molecule has 1 unspecified atom stereocenters. The quantitative estimate of drug-likeness (QED) is 0.807. The number of anilines is 1. The van der Waals surface area contributed by atoms with Crippen LogP contribution >= 0.6 is 0 Å². The molecule has 2 rings (SSSR count). The number of carboxylic acid groups (broad SMARTS) is 1. The van der Waals surface area contributed by atoms with E-state index < -0.39 is 5.97 Å². The van der Waals surface area contributed by atoms with Crippen LogP contribution in [-0.4, -0.2) is 17.0 Å². The molecule has 0 saturated heterocycles. The number of carboxylic acids is 1. The summed E-state index contributed by atoms with van der Waals surface area (Å²) in [5, 5.41) is 11.5. The standard InChI is InChI=1S/C19H20FNO3/c1-13(15-5-7-16(20)8-6-15)12-18(22)21-17-9-2-14(3-10-17)4-11-19(23)24/h2-3,5-10,13H,4,11-12H2,1H3,(H,21,22)(H,23,24). The second-order valence-corrected chi connectivity index (χ2v) is 5.80. The molecule has 1 amide bonds. The minimum absolute atomic E-state index is 0.0135. The van der Waals surface area contributed by atoms with Crippen LogP contribution in [0.2, 0.25) is 0 Å². The van der Waals surface area contributed by atoms with Gasteiger partial charge in [-0.25, -0.2) is 4.39 Å². The Balaban J connectivity index is 1.87. The van der Waals surface area contributed by atoms with Gasteiger partial charge in [0.2, 0.25) is 5.91 Å². The average Bonchev–Trinajstić information content (AvgIpc) is 2.54. The summed E-state index contributed by atoms with van der Waals surface area (Å²) in [6.45, 7) is 1.92. The lowest BCUT2D eigenvalue weighted by Gasteiger charge is -2.12. The van der Waals surface area contributed by atoms with Crippen molar-refractivity contribution in [2.24, 2.45) is 0 Å². The summed E-state index contributed by atoms with van der Waals surface area (Å²) in [5.41, 5.74) is 2.50. The van der Waals surface area contributed by atoms with E-state index in [1.807, 2.05) is 19.1 Å². The van der Waals surface area contributed by atoms with E-state index in [1.165, 1.54) is 12.1 Å². The Bertz CT molecular complexity index is 696. The van der Waals surface area contributed by atoms with Crippen LogP contribution in [0.3, 0.4) is 0 Å². The molecule has 4 nitrogen and oxygen atoms in total. The van der Waals surface area contributed by atoms with Gasteiger partial charge >= 0.3 is 5.97 Å². The molecule has 0 radical (unpaired) electrons. The van der Waals surface area contributed by atoms with Crippen LogP contribution in [0.25, 0.3) is 0 Å². The van der Waals surface area contributed by atoms with E-state index in [0.29, 0.717) is 18.5 Å². The molecule has 0 saturated carbocycles. The highest BCUT2D eigenvalue weighted by Gasteiger charge is 2.11. The molecule has 1 atom stereocenters. The number of aliphatic carboxylic acids is 1. The van der Waals surface area contributed by atoms with Crippen molar-refractivity contribution < 1.29 is 19.1 Å². The van der Waals surface area contributed by atoms with Crippen LogP contribution in [-0.2, 0) is 16.0 Å². The molecule has 5 heteroatoms. The van der Waals surface area contributed by atoms with Gasteiger partial charge in [0.05, 0.1) is 0 Å². The number of halogens is 1. The number of hydrogen-bond acceptors (Lipinski definition) is 2. The fraction of sp³-hybridized carbons (Fsp3) is 0.263. The summed E-state index contributed by atoms with van der Waals surface area (Å²) in [7, 11) is 0. The Labute approximate surface area is 140 Å². The normalized spacial score (nSPS) is 11.8. The third kappa shape index (κ3) is 5.50. The molecule has 0 aliphatic carbocycles. The predicted molar refractivity (Wildman–Crippen MR) is 90.5 cm³/mol. The number of carbonyl (C=O) groups is 2. The van der Waals surface area contributed by atoms with Crippen LogP contribution in [0.4, 0.5) is 10.1 Å². The summed E-state index contributed by atoms with van der Waals surface area (Å²) in [6.07, 6.45) is 0.846. The SMILES string of the molecule is CC(CC(=O)Nc1ccc(CCC(=O)O)cc1)c1ccc(F)cc1. The topological polar surface area (TPSA) is 66.4 Å². The van der Waals surface area contributed by atoms with Gasteiger partial charge in [0, 0.05) is 18.5 Å². The molecule has 0 aliphatic rings. The number of benzene rings is 2. The zero-order valence-corrected chi connectivity index (χ0v) is 13.5. The van der Waals surface area contributed by atoms with Crippen molar-refractivity contribution in [2.75, 3.05) is 5.32 Å². The van der Waals surface area contributed by atoms with E-state index in [4.69, 9.17) is 5.11 Å². The second kappa shape index (κ2) is 8.24. The van der Waals surface area contributed by atoms with E-state index >= 15 is 0 Å². The van der Waals surface area contributed by atoms with Crippen molar-refractivity contribution in [1.29, 1.82) is 0 Å². The minimum atomic E-state index is -0.831. The highest BCUT2D eigenvalue weighted by Crippen LogP contribution is 2.20. The van der Waals surface area contributed by atoms with Gasteiger partial charge in [-0.15, -0.1) is 0 Å². The lowest BCUT2D eigenvalue weighted by molar-refractivity contribution is -0.137. The number of aryl methyl sites for hydroxylation is 1. The van der Waals surface area contributed by atoms with Gasteiger partial charge in [-0.05, 0) is 47.7 Å². The smallest absolute Gasteiger partial charge is 0.303 e. The summed E-state index contributed by atoms with van der Waals surface area (Å²) in [5.74, 6) is -1.26. The van der Waals surface area contributed by atoms with Crippen molar-refractivity contribution in [3.05, 3.63) is 65.5 Å². The molecule has 0 spiro atoms. The lowest BCUT2D eigenvalue weighted by atomic mass is 9.97. The first-order chi connectivity index (χ1) is 11.4. The van der Waals surface area contributed by atoms with Gasteiger partial charge in [0.1, 0.15) is 5.82 Å². The Morgan fingerprint density at radius 2 is 1.71 bits per heavy atom. The van der Waals surface area contributed by atoms with E-state index in [2.05, 4.69) is 5.32 Å². The molecule has 2 N–H and O–H groups in total. The van der Waals surface area contributed by atoms with Gasteiger partial charge in [-0.2, -0.15) is 0 Å². The maximum Gasteiger partial charge on any atom is 0.303 e. The van der Waals surface area contributed by atoms with Gasteiger partial charge in [-0.3, -0.25) is 9.59 Å². The fourth-order valence-electron chi connectivity index (χ4n) is 2.41. The van der Waals surface area contributed by atoms with Crippen molar-refractivity contribution in [2.45, 2.75) is 32.1 Å². The van der Waals surface area contributed by atoms with Gasteiger partial charge in [-0.1, -0.05) is 31.2 Å². The van der Waals surface area contributed by atoms with E-state index in [-0.39, 0.29) is 24.1 Å². The Hall–Kier alpha value is -2.69. The predicted octanol–water partition coefficient (Wildman–Crippen LogP) is 3.98. The zero-order valence-electron chi connectivity index (χ0n) is 13.5. The number of hydrogen-bond donors (Lipinski definition) is 2. The second-order valence-electron chi connectivity index (χ2n) is 5.80. The van der Waals surface area contributed by atoms with Crippen molar-refractivity contribution in [1.82, 2.24) is 0 Å². The first-order valence-corrected chi connectivity index (χ1v) is 7.80. The molecular weight excluding hydrogens is 309 g/mol. The van der Waals surface area contributed by atoms with Gasteiger partial charge < -0.3 is 10.4 Å².